The third kappa shape index (κ3) is 3.18. The minimum atomic E-state index is -3.54. The van der Waals surface area contributed by atoms with Gasteiger partial charge in [0, 0.05) is 23.8 Å². The van der Waals surface area contributed by atoms with Gasteiger partial charge in [0.1, 0.15) is 4.21 Å². The molecule has 2 heterocycles. The number of fused-ring (bicyclic) bond motifs is 1. The zero-order valence-corrected chi connectivity index (χ0v) is 15.4. The maximum absolute atomic E-state index is 12.7. The predicted molar refractivity (Wildman–Crippen MR) is 99.6 cm³/mol. The van der Waals surface area contributed by atoms with Crippen LogP contribution in [0.5, 0.6) is 0 Å². The van der Waals surface area contributed by atoms with Crippen LogP contribution in [0.3, 0.4) is 0 Å². The number of carbonyl (C=O) groups excluding carboxylic acids is 1. The summed E-state index contributed by atoms with van der Waals surface area (Å²) >= 11 is 1.19. The molecule has 1 aliphatic carbocycles. The Morgan fingerprint density at radius 2 is 2.00 bits per heavy atom. The molecule has 132 valence electrons. The molecule has 1 fully saturated rings. The standard InChI is InChI=1S/C18H20N2O3S2/c21-18(13-4-1-2-5-13)20-10-9-14-12-15(7-8-16(14)20)19-25(22,23)17-6-3-11-24-17/h3,6-8,11-13,19H,1-2,4-5,9-10H2. The van der Waals surface area contributed by atoms with E-state index in [1.165, 1.54) is 11.3 Å². The number of carbonyl (C=O) groups is 1. The Labute approximate surface area is 151 Å². The van der Waals surface area contributed by atoms with Gasteiger partial charge in [-0.2, -0.15) is 0 Å². The number of amides is 1. The van der Waals surface area contributed by atoms with Crippen LogP contribution in [-0.4, -0.2) is 20.9 Å². The van der Waals surface area contributed by atoms with Crippen LogP contribution < -0.4 is 9.62 Å². The molecule has 1 aromatic heterocycles. The predicted octanol–water partition coefficient (Wildman–Crippen LogP) is 3.63. The molecule has 1 aromatic carbocycles. The number of anilines is 2. The summed E-state index contributed by atoms with van der Waals surface area (Å²) < 4.78 is 27.6. The van der Waals surface area contributed by atoms with Gasteiger partial charge in [-0.25, -0.2) is 8.42 Å². The summed E-state index contributed by atoms with van der Waals surface area (Å²) in [5.74, 6) is 0.381. The van der Waals surface area contributed by atoms with Gasteiger partial charge in [0.25, 0.3) is 10.0 Å². The van der Waals surface area contributed by atoms with Crippen LogP contribution in [0, 0.1) is 5.92 Å². The van der Waals surface area contributed by atoms with Crippen LogP contribution >= 0.6 is 11.3 Å². The van der Waals surface area contributed by atoms with Crippen LogP contribution in [-0.2, 0) is 21.2 Å². The van der Waals surface area contributed by atoms with Crippen molar-refractivity contribution in [3.8, 4) is 0 Å². The van der Waals surface area contributed by atoms with Crippen molar-refractivity contribution in [1.82, 2.24) is 0 Å². The van der Waals surface area contributed by atoms with E-state index in [1.807, 2.05) is 17.0 Å². The molecule has 5 nitrogen and oxygen atoms in total. The largest absolute Gasteiger partial charge is 0.312 e. The fourth-order valence-electron chi connectivity index (χ4n) is 3.71. The molecule has 1 amide bonds. The molecule has 0 bridgehead atoms. The maximum atomic E-state index is 12.7. The van der Waals surface area contributed by atoms with Crippen molar-refractivity contribution in [3.05, 3.63) is 41.3 Å². The van der Waals surface area contributed by atoms with Gasteiger partial charge in [-0.15, -0.1) is 11.3 Å². The quantitative estimate of drug-likeness (QED) is 0.886. The van der Waals surface area contributed by atoms with Gasteiger partial charge in [0.2, 0.25) is 5.91 Å². The monoisotopic (exact) mass is 376 g/mol. The van der Waals surface area contributed by atoms with Gasteiger partial charge in [0.05, 0.1) is 0 Å². The molecule has 0 spiro atoms. The van der Waals surface area contributed by atoms with Gasteiger partial charge in [-0.05, 0) is 54.5 Å². The maximum Gasteiger partial charge on any atom is 0.271 e. The van der Waals surface area contributed by atoms with Crippen LogP contribution in [0.2, 0.25) is 0 Å². The van der Waals surface area contributed by atoms with Gasteiger partial charge in [-0.1, -0.05) is 18.9 Å². The van der Waals surface area contributed by atoms with E-state index < -0.39 is 10.0 Å². The van der Waals surface area contributed by atoms with E-state index >= 15 is 0 Å². The Kier molecular flexibility index (Phi) is 4.29. The second-order valence-electron chi connectivity index (χ2n) is 6.60. The van der Waals surface area contributed by atoms with Gasteiger partial charge in [0.15, 0.2) is 0 Å². The number of thiophene rings is 1. The van der Waals surface area contributed by atoms with E-state index in [0.29, 0.717) is 16.4 Å². The minimum Gasteiger partial charge on any atom is -0.312 e. The zero-order chi connectivity index (χ0) is 17.4. The molecule has 1 saturated carbocycles. The van der Waals surface area contributed by atoms with Crippen molar-refractivity contribution < 1.29 is 13.2 Å². The molecule has 2 aromatic rings. The van der Waals surface area contributed by atoms with Crippen LogP contribution in [0.25, 0.3) is 0 Å². The summed E-state index contributed by atoms with van der Waals surface area (Å²) in [6.45, 7) is 0.686. The van der Waals surface area contributed by atoms with Crippen LogP contribution in [0.4, 0.5) is 11.4 Å². The van der Waals surface area contributed by atoms with Crippen molar-refractivity contribution in [1.29, 1.82) is 0 Å². The number of sulfonamides is 1. The molecule has 2 aliphatic rings. The van der Waals surface area contributed by atoms with E-state index in [1.54, 1.807) is 23.6 Å². The average Bonchev–Trinajstić information content (AvgIpc) is 3.33. The summed E-state index contributed by atoms with van der Waals surface area (Å²) in [6, 6.07) is 8.75. The molecule has 0 radical (unpaired) electrons. The lowest BCUT2D eigenvalue weighted by atomic mass is 10.1. The van der Waals surface area contributed by atoms with Gasteiger partial charge < -0.3 is 4.90 Å². The van der Waals surface area contributed by atoms with E-state index in [-0.39, 0.29) is 11.8 Å². The molecule has 0 unspecified atom stereocenters. The average molecular weight is 377 g/mol. The highest BCUT2D eigenvalue weighted by molar-refractivity contribution is 7.94. The molecule has 4 rings (SSSR count). The number of hydrogen-bond acceptors (Lipinski definition) is 4. The first-order valence-electron chi connectivity index (χ1n) is 8.55. The summed E-state index contributed by atoms with van der Waals surface area (Å²) in [7, 11) is -3.54. The molecular weight excluding hydrogens is 356 g/mol. The first-order chi connectivity index (χ1) is 12.0. The molecule has 0 saturated heterocycles. The van der Waals surface area contributed by atoms with E-state index in [9.17, 15) is 13.2 Å². The fraction of sp³-hybridized carbons (Fsp3) is 0.389. The lowest BCUT2D eigenvalue weighted by molar-refractivity contribution is -0.122. The number of benzene rings is 1. The third-order valence-corrected chi connectivity index (χ3v) is 7.74. The second kappa shape index (κ2) is 6.46. The van der Waals surface area contributed by atoms with E-state index in [0.717, 1.165) is 43.4 Å². The highest BCUT2D eigenvalue weighted by atomic mass is 32.2. The zero-order valence-electron chi connectivity index (χ0n) is 13.8. The van der Waals surface area contributed by atoms with Gasteiger partial charge in [-0.3, -0.25) is 9.52 Å². The number of nitrogens with zero attached hydrogens (tertiary/aromatic N) is 1. The highest BCUT2D eigenvalue weighted by Gasteiger charge is 2.32. The molecule has 25 heavy (non-hydrogen) atoms. The normalized spacial score (nSPS) is 17.7. The Hall–Kier alpha value is -1.86. The first kappa shape index (κ1) is 16.6. The minimum absolute atomic E-state index is 0.156. The Balaban J connectivity index is 1.54. The molecule has 1 aliphatic heterocycles. The summed E-state index contributed by atoms with van der Waals surface area (Å²) in [4.78, 5) is 14.6. The third-order valence-electron chi connectivity index (χ3n) is 4.96. The molecule has 1 N–H and O–H groups in total. The summed E-state index contributed by atoms with van der Waals surface area (Å²) in [6.07, 6.45) is 5.02. The highest BCUT2D eigenvalue weighted by Crippen LogP contribution is 2.35. The molecule has 0 atom stereocenters. The van der Waals surface area contributed by atoms with Crippen molar-refractivity contribution in [2.45, 2.75) is 36.3 Å². The van der Waals surface area contributed by atoms with Crippen molar-refractivity contribution in [3.63, 3.8) is 0 Å². The Bertz CT molecular complexity index is 885. The lowest BCUT2D eigenvalue weighted by Gasteiger charge is -2.21. The number of rotatable bonds is 4. The summed E-state index contributed by atoms with van der Waals surface area (Å²) in [5, 5.41) is 1.74. The Morgan fingerprint density at radius 1 is 1.20 bits per heavy atom. The lowest BCUT2D eigenvalue weighted by Crippen LogP contribution is -2.33. The summed E-state index contributed by atoms with van der Waals surface area (Å²) in [5.41, 5.74) is 2.50. The Morgan fingerprint density at radius 3 is 2.72 bits per heavy atom. The number of hydrogen-bond donors (Lipinski definition) is 1. The molecular formula is C18H20N2O3S2. The van der Waals surface area contributed by atoms with Crippen molar-refractivity contribution in [2.24, 2.45) is 5.92 Å². The first-order valence-corrected chi connectivity index (χ1v) is 10.9. The van der Waals surface area contributed by atoms with Gasteiger partial charge >= 0.3 is 0 Å². The SMILES string of the molecule is O=C(C1CCCC1)N1CCc2cc(NS(=O)(=O)c3cccs3)ccc21. The van der Waals surface area contributed by atoms with Crippen LogP contribution in [0.1, 0.15) is 31.2 Å². The van der Waals surface area contributed by atoms with E-state index in [4.69, 9.17) is 0 Å². The second-order valence-corrected chi connectivity index (χ2v) is 9.46. The fourth-order valence-corrected chi connectivity index (χ4v) is 5.75. The topological polar surface area (TPSA) is 66.5 Å². The molecule has 7 heteroatoms. The van der Waals surface area contributed by atoms with Crippen molar-refractivity contribution in [2.75, 3.05) is 16.2 Å². The van der Waals surface area contributed by atoms with Crippen LogP contribution in [0.15, 0.2) is 39.9 Å². The number of nitrogens with one attached hydrogen (secondary N) is 1. The van der Waals surface area contributed by atoms with E-state index in [2.05, 4.69) is 4.72 Å². The smallest absolute Gasteiger partial charge is 0.271 e. The van der Waals surface area contributed by atoms with Crippen molar-refractivity contribution >= 4 is 38.6 Å².